The maximum atomic E-state index is 11.5. The van der Waals surface area contributed by atoms with Crippen LogP contribution < -0.4 is 0 Å². The number of esters is 1. The summed E-state index contributed by atoms with van der Waals surface area (Å²) >= 11 is 0. The Morgan fingerprint density at radius 2 is 1.96 bits per heavy atom. The van der Waals surface area contributed by atoms with Crippen LogP contribution in [0.25, 0.3) is 0 Å². The molecule has 0 radical (unpaired) electrons. The molecule has 1 aromatic heterocycles. The average molecular weight is 386 g/mol. The lowest BCUT2D eigenvalue weighted by Crippen LogP contribution is -2.38. The van der Waals surface area contributed by atoms with Crippen molar-refractivity contribution < 1.29 is 24.2 Å². The molecule has 1 N–H and O–H groups in total. The predicted molar refractivity (Wildman–Crippen MR) is 101 cm³/mol. The molecule has 0 amide bonds. The van der Waals surface area contributed by atoms with Crippen molar-refractivity contribution in [3.8, 4) is 0 Å². The van der Waals surface area contributed by atoms with Gasteiger partial charge in [-0.2, -0.15) is 0 Å². The van der Waals surface area contributed by atoms with E-state index in [1.165, 1.54) is 7.11 Å². The first-order chi connectivity index (χ1) is 12.8. The lowest BCUT2D eigenvalue weighted by molar-refractivity contribution is -0.162. The second-order valence-corrected chi connectivity index (χ2v) is 6.41. The average Bonchev–Trinajstić information content (AvgIpc) is 3.12. The topological polar surface area (TPSA) is 107 Å². The van der Waals surface area contributed by atoms with Gasteiger partial charge in [0.2, 0.25) is 0 Å². The van der Waals surface area contributed by atoms with Gasteiger partial charge >= 0.3 is 11.9 Å². The Labute approximate surface area is 161 Å². The first-order valence-corrected chi connectivity index (χ1v) is 9.19. The van der Waals surface area contributed by atoms with Crippen molar-refractivity contribution in [3.63, 3.8) is 0 Å². The number of hydrogen-bond acceptors (Lipinski definition) is 7. The summed E-state index contributed by atoms with van der Waals surface area (Å²) < 4.78 is 11.8. The zero-order valence-corrected chi connectivity index (χ0v) is 17.3. The van der Waals surface area contributed by atoms with Gasteiger partial charge in [0.1, 0.15) is 0 Å². The number of carboxylic acids is 1. The Morgan fingerprint density at radius 1 is 1.30 bits per heavy atom. The van der Waals surface area contributed by atoms with Crippen molar-refractivity contribution in [2.45, 2.75) is 46.3 Å². The van der Waals surface area contributed by atoms with E-state index in [1.807, 2.05) is 17.8 Å². The van der Waals surface area contributed by atoms with E-state index in [4.69, 9.17) is 14.6 Å². The minimum atomic E-state index is -1.03. The van der Waals surface area contributed by atoms with Crippen LogP contribution in [0.4, 0.5) is 0 Å². The third-order valence-electron chi connectivity index (χ3n) is 4.05. The van der Waals surface area contributed by atoms with E-state index in [2.05, 4.69) is 29.3 Å². The molecule has 3 atom stereocenters. The second-order valence-electron chi connectivity index (χ2n) is 6.41. The molecule has 3 unspecified atom stereocenters. The molecule has 0 aliphatic heterocycles. The highest BCUT2D eigenvalue weighted by Gasteiger charge is 2.37. The Morgan fingerprint density at radius 3 is 2.37 bits per heavy atom. The van der Waals surface area contributed by atoms with E-state index in [1.54, 1.807) is 20.0 Å². The molecule has 0 saturated carbocycles. The molecule has 1 heterocycles. The number of rotatable bonds is 11. The third kappa shape index (κ3) is 10.0. The summed E-state index contributed by atoms with van der Waals surface area (Å²) in [5, 5.41) is 16.7. The van der Waals surface area contributed by atoms with Crippen molar-refractivity contribution >= 4 is 11.9 Å². The Kier molecular flexibility index (Phi) is 13.1. The number of aromatic nitrogens is 3. The number of aliphatic carboxylic acids is 1. The monoisotopic (exact) mass is 386 g/mol. The van der Waals surface area contributed by atoms with Gasteiger partial charge in [-0.25, -0.2) is 0 Å². The smallest absolute Gasteiger partial charge is 0.310 e. The fourth-order valence-corrected chi connectivity index (χ4v) is 2.58. The number of carboxylic acid groups (broad SMARTS) is 1. The van der Waals surface area contributed by atoms with Gasteiger partial charge in [-0.15, -0.1) is 5.10 Å². The van der Waals surface area contributed by atoms with Gasteiger partial charge in [0.05, 0.1) is 30.7 Å². The van der Waals surface area contributed by atoms with Crippen molar-refractivity contribution in [1.82, 2.24) is 19.9 Å². The lowest BCUT2D eigenvalue weighted by atomic mass is 9.87. The number of hydrogen-bond donors (Lipinski definition) is 1. The summed E-state index contributed by atoms with van der Waals surface area (Å²) in [7, 11) is 5.59. The number of methoxy groups -OCH3 is 1. The van der Waals surface area contributed by atoms with Crippen molar-refractivity contribution in [1.29, 1.82) is 0 Å². The highest BCUT2D eigenvalue weighted by atomic mass is 16.5. The number of aryl methyl sites for hydroxylation is 1. The lowest BCUT2D eigenvalue weighted by Gasteiger charge is -2.25. The molecule has 0 bridgehead atoms. The van der Waals surface area contributed by atoms with Gasteiger partial charge in [-0.1, -0.05) is 19.1 Å². The SMILES string of the molecule is CCOC(=O)C(C)C(C(=O)O)C(CC)OC.CN(C)CCCn1ccnn1. The van der Waals surface area contributed by atoms with E-state index in [-0.39, 0.29) is 6.61 Å². The maximum absolute atomic E-state index is 11.5. The fourth-order valence-electron chi connectivity index (χ4n) is 2.58. The molecule has 9 nitrogen and oxygen atoms in total. The minimum Gasteiger partial charge on any atom is -0.481 e. The zero-order chi connectivity index (χ0) is 20.8. The quantitative estimate of drug-likeness (QED) is 0.571. The molecule has 0 aliphatic rings. The van der Waals surface area contributed by atoms with Gasteiger partial charge in [0.15, 0.2) is 0 Å². The first kappa shape index (κ1) is 25.0. The summed E-state index contributed by atoms with van der Waals surface area (Å²) in [4.78, 5) is 24.8. The molecule has 0 saturated heterocycles. The van der Waals surface area contributed by atoms with Crippen LogP contribution in [0.15, 0.2) is 12.4 Å². The molecule has 1 aromatic rings. The molecule has 156 valence electrons. The van der Waals surface area contributed by atoms with Crippen LogP contribution in [0, 0.1) is 11.8 Å². The summed E-state index contributed by atoms with van der Waals surface area (Å²) in [6.45, 7) is 7.37. The van der Waals surface area contributed by atoms with Crippen molar-refractivity contribution in [2.75, 3.05) is 34.4 Å². The molecule has 1 rings (SSSR count). The summed E-state index contributed by atoms with van der Waals surface area (Å²) in [5.74, 6) is -3.10. The summed E-state index contributed by atoms with van der Waals surface area (Å²) in [5.41, 5.74) is 0. The van der Waals surface area contributed by atoms with E-state index >= 15 is 0 Å². The van der Waals surface area contributed by atoms with Crippen LogP contribution in [0.3, 0.4) is 0 Å². The van der Waals surface area contributed by atoms with Crippen LogP contribution in [-0.4, -0.2) is 77.4 Å². The highest BCUT2D eigenvalue weighted by Crippen LogP contribution is 2.22. The van der Waals surface area contributed by atoms with E-state index in [9.17, 15) is 9.59 Å². The highest BCUT2D eigenvalue weighted by molar-refractivity contribution is 5.81. The number of ether oxygens (including phenoxy) is 2. The van der Waals surface area contributed by atoms with E-state index < -0.39 is 29.9 Å². The van der Waals surface area contributed by atoms with Crippen molar-refractivity contribution in [2.24, 2.45) is 11.8 Å². The predicted octanol–water partition coefficient (Wildman–Crippen LogP) is 1.54. The minimum absolute atomic E-state index is 0.249. The normalized spacial score (nSPS) is 14.0. The molecule has 0 aromatic carbocycles. The molecule has 27 heavy (non-hydrogen) atoms. The van der Waals surface area contributed by atoms with Crippen LogP contribution in [0.5, 0.6) is 0 Å². The number of carbonyl (C=O) groups is 2. The van der Waals surface area contributed by atoms with E-state index in [0.29, 0.717) is 6.42 Å². The standard InChI is InChI=1S/C11H20O5.C7H14N4/c1-5-8(15-4)9(10(12)13)7(3)11(14)16-6-2;1-10(2)5-3-6-11-7-4-8-9-11/h7-9H,5-6H2,1-4H3,(H,12,13);4,7H,3,5-6H2,1-2H3. The second kappa shape index (κ2) is 14.1. The maximum Gasteiger partial charge on any atom is 0.310 e. The molecule has 9 heteroatoms. The Bertz CT molecular complexity index is 518. The van der Waals surface area contributed by atoms with Crippen LogP contribution >= 0.6 is 0 Å². The van der Waals surface area contributed by atoms with Crippen molar-refractivity contribution in [3.05, 3.63) is 12.4 Å². The zero-order valence-electron chi connectivity index (χ0n) is 17.3. The first-order valence-electron chi connectivity index (χ1n) is 9.19. The number of carbonyl (C=O) groups excluding carboxylic acids is 1. The van der Waals surface area contributed by atoms with Crippen LogP contribution in [0.2, 0.25) is 0 Å². The number of nitrogens with zero attached hydrogens (tertiary/aromatic N) is 4. The largest absolute Gasteiger partial charge is 0.481 e. The molecule has 0 spiro atoms. The van der Waals surface area contributed by atoms with Gasteiger partial charge in [-0.3, -0.25) is 14.3 Å². The summed E-state index contributed by atoms with van der Waals surface area (Å²) in [6, 6.07) is 0. The fraction of sp³-hybridized carbons (Fsp3) is 0.778. The molecular formula is C18H34N4O5. The molecule has 0 aliphatic carbocycles. The summed E-state index contributed by atoms with van der Waals surface area (Å²) in [6.07, 6.45) is 4.77. The van der Waals surface area contributed by atoms with Gasteiger partial charge in [0.25, 0.3) is 0 Å². The van der Waals surface area contributed by atoms with Gasteiger partial charge in [-0.05, 0) is 40.4 Å². The van der Waals surface area contributed by atoms with E-state index in [0.717, 1.165) is 19.5 Å². The van der Waals surface area contributed by atoms with Crippen LogP contribution in [0.1, 0.15) is 33.6 Å². The van der Waals surface area contributed by atoms with Crippen LogP contribution in [-0.2, 0) is 25.6 Å². The van der Waals surface area contributed by atoms with Gasteiger partial charge < -0.3 is 19.5 Å². The van der Waals surface area contributed by atoms with Gasteiger partial charge in [0, 0.05) is 19.9 Å². The Hall–Kier alpha value is -2.00. The Balaban J connectivity index is 0.000000533. The molecular weight excluding hydrogens is 352 g/mol. The third-order valence-corrected chi connectivity index (χ3v) is 4.05. The molecule has 0 fully saturated rings.